The van der Waals surface area contributed by atoms with Crippen molar-refractivity contribution in [1.29, 1.82) is 0 Å². The summed E-state index contributed by atoms with van der Waals surface area (Å²) in [5, 5.41) is 7.11. The molecule has 2 rings (SSSR count). The molecule has 0 saturated heterocycles. The first-order chi connectivity index (χ1) is 9.70. The molecular formula is C18H30N2O. The highest BCUT2D eigenvalue weighted by molar-refractivity contribution is 5.67. The number of hydrogen-bond acceptors (Lipinski definition) is 3. The Morgan fingerprint density at radius 2 is 1.90 bits per heavy atom. The fraction of sp³-hybridized carbons (Fsp3) is 0.667. The van der Waals surface area contributed by atoms with Crippen LogP contribution in [0.5, 0.6) is 0 Å². The van der Waals surface area contributed by atoms with Crippen molar-refractivity contribution < 1.29 is 4.74 Å². The van der Waals surface area contributed by atoms with E-state index < -0.39 is 0 Å². The van der Waals surface area contributed by atoms with Crippen molar-refractivity contribution in [3.8, 4) is 0 Å². The summed E-state index contributed by atoms with van der Waals surface area (Å²) in [7, 11) is 0. The molecule has 1 aliphatic heterocycles. The monoisotopic (exact) mass is 290 g/mol. The van der Waals surface area contributed by atoms with Gasteiger partial charge in [0.1, 0.15) is 0 Å². The van der Waals surface area contributed by atoms with Gasteiger partial charge in [0.15, 0.2) is 0 Å². The third kappa shape index (κ3) is 3.52. The Morgan fingerprint density at radius 1 is 1.24 bits per heavy atom. The minimum absolute atomic E-state index is 0.0835. The second-order valence-corrected chi connectivity index (χ2v) is 7.46. The second kappa shape index (κ2) is 5.88. The first-order valence-corrected chi connectivity index (χ1v) is 8.01. The van der Waals surface area contributed by atoms with Crippen molar-refractivity contribution in [2.75, 3.05) is 17.2 Å². The summed E-state index contributed by atoms with van der Waals surface area (Å²) in [6.07, 6.45) is 0.351. The van der Waals surface area contributed by atoms with Crippen LogP contribution in [-0.2, 0) is 4.74 Å². The number of nitrogens with one attached hydrogen (secondary N) is 2. The third-order valence-electron chi connectivity index (χ3n) is 3.94. The zero-order valence-electron chi connectivity index (χ0n) is 14.5. The predicted molar refractivity (Wildman–Crippen MR) is 91.2 cm³/mol. The minimum atomic E-state index is 0.0835. The van der Waals surface area contributed by atoms with Crippen LogP contribution in [0.4, 0.5) is 11.4 Å². The smallest absolute Gasteiger partial charge is 0.0916 e. The Morgan fingerprint density at radius 3 is 2.48 bits per heavy atom. The van der Waals surface area contributed by atoms with Crippen molar-refractivity contribution in [2.45, 2.75) is 66.7 Å². The van der Waals surface area contributed by atoms with Gasteiger partial charge < -0.3 is 15.4 Å². The lowest BCUT2D eigenvalue weighted by molar-refractivity contribution is -0.0586. The molecular weight excluding hydrogens is 260 g/mol. The molecule has 0 aromatic heterocycles. The van der Waals surface area contributed by atoms with Crippen LogP contribution in [0.25, 0.3) is 0 Å². The zero-order valence-corrected chi connectivity index (χ0v) is 14.5. The van der Waals surface area contributed by atoms with Gasteiger partial charge in [-0.3, -0.25) is 0 Å². The summed E-state index contributed by atoms with van der Waals surface area (Å²) in [6, 6.07) is 4.90. The van der Waals surface area contributed by atoms with Crippen molar-refractivity contribution in [3.05, 3.63) is 23.3 Å². The zero-order chi connectivity index (χ0) is 15.8. The van der Waals surface area contributed by atoms with Crippen molar-refractivity contribution in [1.82, 2.24) is 0 Å². The molecule has 1 aromatic rings. The molecule has 0 fully saturated rings. The summed E-state index contributed by atoms with van der Waals surface area (Å²) in [4.78, 5) is 0. The Bertz CT molecular complexity index is 506. The largest absolute Gasteiger partial charge is 0.384 e. The molecule has 0 aliphatic carbocycles. The van der Waals surface area contributed by atoms with E-state index in [1.165, 1.54) is 22.5 Å². The minimum Gasteiger partial charge on any atom is -0.384 e. The van der Waals surface area contributed by atoms with Crippen LogP contribution in [-0.4, -0.2) is 18.7 Å². The molecule has 0 saturated carbocycles. The van der Waals surface area contributed by atoms with E-state index in [4.69, 9.17) is 4.74 Å². The van der Waals surface area contributed by atoms with Gasteiger partial charge in [-0.25, -0.2) is 0 Å². The maximum absolute atomic E-state index is 6.28. The van der Waals surface area contributed by atoms with Gasteiger partial charge in [-0.1, -0.05) is 13.8 Å². The Labute approximate surface area is 129 Å². The van der Waals surface area contributed by atoms with E-state index in [1.807, 2.05) is 0 Å². The fourth-order valence-electron chi connectivity index (χ4n) is 3.04. The summed E-state index contributed by atoms with van der Waals surface area (Å²) >= 11 is 0. The van der Waals surface area contributed by atoms with Gasteiger partial charge >= 0.3 is 0 Å². The standard InChI is InChI=1S/C18H30N2O/c1-11(2)20-14-8-13(5)16-15(9-14)17(21-12(3)4)18(6,7)10-19-16/h8-9,11-12,17,19-20H,10H2,1-7H3. The van der Waals surface area contributed by atoms with Gasteiger partial charge in [0.05, 0.1) is 12.2 Å². The van der Waals surface area contributed by atoms with E-state index in [-0.39, 0.29) is 17.6 Å². The Hall–Kier alpha value is -1.22. The quantitative estimate of drug-likeness (QED) is 0.841. The molecule has 2 N–H and O–H groups in total. The Balaban J connectivity index is 2.47. The molecule has 0 spiro atoms. The number of benzene rings is 1. The fourth-order valence-corrected chi connectivity index (χ4v) is 3.04. The number of hydrogen-bond donors (Lipinski definition) is 2. The van der Waals surface area contributed by atoms with E-state index >= 15 is 0 Å². The van der Waals surface area contributed by atoms with Gasteiger partial charge in [0, 0.05) is 34.9 Å². The number of aryl methyl sites for hydroxylation is 1. The molecule has 1 heterocycles. The first-order valence-electron chi connectivity index (χ1n) is 8.01. The summed E-state index contributed by atoms with van der Waals surface area (Å²) in [5.74, 6) is 0. The lowest BCUT2D eigenvalue weighted by atomic mass is 9.78. The van der Waals surface area contributed by atoms with Crippen LogP contribution in [0.3, 0.4) is 0 Å². The van der Waals surface area contributed by atoms with E-state index in [0.29, 0.717) is 6.04 Å². The molecule has 1 aromatic carbocycles. The second-order valence-electron chi connectivity index (χ2n) is 7.46. The molecule has 21 heavy (non-hydrogen) atoms. The number of anilines is 2. The summed E-state index contributed by atoms with van der Waals surface area (Å²) in [6.45, 7) is 16.2. The number of rotatable bonds is 4. The van der Waals surface area contributed by atoms with E-state index in [2.05, 4.69) is 71.2 Å². The average molecular weight is 290 g/mol. The molecule has 3 nitrogen and oxygen atoms in total. The molecule has 3 heteroatoms. The van der Waals surface area contributed by atoms with Gasteiger partial charge in [0.25, 0.3) is 0 Å². The van der Waals surface area contributed by atoms with Crippen molar-refractivity contribution >= 4 is 11.4 Å². The summed E-state index contributed by atoms with van der Waals surface area (Å²) in [5.41, 5.74) is 5.07. The van der Waals surface area contributed by atoms with Crippen LogP contribution in [0.15, 0.2) is 12.1 Å². The SMILES string of the molecule is Cc1cc(NC(C)C)cc2c1NCC(C)(C)C2OC(C)C. The molecule has 118 valence electrons. The third-order valence-corrected chi connectivity index (χ3v) is 3.94. The van der Waals surface area contributed by atoms with Gasteiger partial charge in [0.2, 0.25) is 0 Å². The normalized spacial score (nSPS) is 20.3. The molecule has 1 aliphatic rings. The van der Waals surface area contributed by atoms with Crippen LogP contribution in [0.1, 0.15) is 58.8 Å². The summed E-state index contributed by atoms with van der Waals surface area (Å²) < 4.78 is 6.28. The Kier molecular flexibility index (Phi) is 4.52. The van der Waals surface area contributed by atoms with E-state index in [1.54, 1.807) is 0 Å². The molecule has 0 amide bonds. The lowest BCUT2D eigenvalue weighted by Crippen LogP contribution is -2.38. The maximum atomic E-state index is 6.28. The highest BCUT2D eigenvalue weighted by atomic mass is 16.5. The lowest BCUT2D eigenvalue weighted by Gasteiger charge is -2.42. The average Bonchev–Trinajstić information content (AvgIpc) is 2.31. The predicted octanol–water partition coefficient (Wildman–Crippen LogP) is 4.73. The highest BCUT2D eigenvalue weighted by Crippen LogP contribution is 2.46. The van der Waals surface area contributed by atoms with E-state index in [0.717, 1.165) is 6.54 Å². The van der Waals surface area contributed by atoms with Gasteiger partial charge in [-0.15, -0.1) is 0 Å². The topological polar surface area (TPSA) is 33.3 Å². The highest BCUT2D eigenvalue weighted by Gasteiger charge is 2.38. The van der Waals surface area contributed by atoms with Crippen molar-refractivity contribution in [3.63, 3.8) is 0 Å². The molecule has 0 bridgehead atoms. The van der Waals surface area contributed by atoms with Crippen molar-refractivity contribution in [2.24, 2.45) is 5.41 Å². The van der Waals surface area contributed by atoms with Crippen LogP contribution in [0.2, 0.25) is 0 Å². The van der Waals surface area contributed by atoms with E-state index in [9.17, 15) is 0 Å². The molecule has 0 radical (unpaired) electrons. The molecule has 1 atom stereocenters. The maximum Gasteiger partial charge on any atom is 0.0916 e. The number of fused-ring (bicyclic) bond motifs is 1. The van der Waals surface area contributed by atoms with Crippen LogP contribution >= 0.6 is 0 Å². The number of ether oxygens (including phenoxy) is 1. The first kappa shape index (κ1) is 16.2. The van der Waals surface area contributed by atoms with Crippen LogP contribution < -0.4 is 10.6 Å². The van der Waals surface area contributed by atoms with Gasteiger partial charge in [-0.05, 0) is 52.3 Å². The van der Waals surface area contributed by atoms with Gasteiger partial charge in [-0.2, -0.15) is 0 Å². The molecule has 1 unspecified atom stereocenters. The van der Waals surface area contributed by atoms with Crippen LogP contribution in [0, 0.1) is 12.3 Å².